The van der Waals surface area contributed by atoms with Gasteiger partial charge in [-0.25, -0.2) is 0 Å². The van der Waals surface area contributed by atoms with Crippen LogP contribution >= 0.6 is 0 Å². The summed E-state index contributed by atoms with van der Waals surface area (Å²) < 4.78 is 0. The molecule has 0 aromatic rings. The second-order valence-electron chi connectivity index (χ2n) is 7.65. The van der Waals surface area contributed by atoms with E-state index in [1.807, 2.05) is 0 Å². The maximum Gasteiger partial charge on any atom is -0.0135 e. The van der Waals surface area contributed by atoms with Crippen LogP contribution in [0.5, 0.6) is 0 Å². The van der Waals surface area contributed by atoms with Gasteiger partial charge < -0.3 is 0 Å². The molecule has 1 aliphatic rings. The van der Waals surface area contributed by atoms with Crippen LogP contribution in [0.15, 0.2) is 23.3 Å². The summed E-state index contributed by atoms with van der Waals surface area (Å²) in [5.74, 6) is 2.52. The Hall–Kier alpha value is -0.520. The Balaban J connectivity index is 2.82. The fourth-order valence-electron chi connectivity index (χ4n) is 4.43. The van der Waals surface area contributed by atoms with E-state index >= 15 is 0 Å². The molecule has 22 heavy (non-hydrogen) atoms. The smallest absolute Gasteiger partial charge is 0.0135 e. The molecule has 1 aliphatic carbocycles. The van der Waals surface area contributed by atoms with Crippen molar-refractivity contribution in [2.75, 3.05) is 0 Å². The average molecular weight is 305 g/mol. The van der Waals surface area contributed by atoms with Gasteiger partial charge in [-0.2, -0.15) is 0 Å². The normalized spacial score (nSPS) is 18.8. The van der Waals surface area contributed by atoms with Gasteiger partial charge in [-0.3, -0.25) is 0 Å². The molecule has 0 aromatic carbocycles. The highest BCUT2D eigenvalue weighted by Gasteiger charge is 2.29. The maximum atomic E-state index is 2.50. The summed E-state index contributed by atoms with van der Waals surface area (Å²) in [4.78, 5) is 0. The fourth-order valence-corrected chi connectivity index (χ4v) is 4.43. The average Bonchev–Trinajstić information content (AvgIpc) is 2.99. The number of hydrogen-bond acceptors (Lipinski definition) is 0. The van der Waals surface area contributed by atoms with Gasteiger partial charge in [0.05, 0.1) is 0 Å². The van der Waals surface area contributed by atoms with E-state index in [0.29, 0.717) is 0 Å². The minimum absolute atomic E-state index is 0.768. The van der Waals surface area contributed by atoms with Crippen molar-refractivity contribution in [1.82, 2.24) is 0 Å². The Kier molecular flexibility index (Phi) is 9.84. The van der Waals surface area contributed by atoms with Gasteiger partial charge in [0.1, 0.15) is 0 Å². The van der Waals surface area contributed by atoms with E-state index in [2.05, 4.69) is 46.8 Å². The lowest BCUT2D eigenvalue weighted by molar-refractivity contribution is 0.352. The zero-order chi connectivity index (χ0) is 16.4. The Morgan fingerprint density at radius 1 is 1.05 bits per heavy atom. The van der Waals surface area contributed by atoms with E-state index in [1.165, 1.54) is 64.2 Å². The first-order valence-corrected chi connectivity index (χ1v) is 9.94. The molecule has 1 saturated carbocycles. The second-order valence-corrected chi connectivity index (χ2v) is 7.65. The molecule has 0 heteroatoms. The minimum Gasteiger partial charge on any atom is -0.0885 e. The van der Waals surface area contributed by atoms with Crippen molar-refractivity contribution >= 4 is 0 Å². The third kappa shape index (κ3) is 6.31. The van der Waals surface area contributed by atoms with Crippen molar-refractivity contribution in [2.24, 2.45) is 17.8 Å². The molecule has 0 amide bonds. The fraction of sp³-hybridized carbons (Fsp3) is 0.818. The van der Waals surface area contributed by atoms with Crippen LogP contribution in [0.2, 0.25) is 0 Å². The molecule has 1 fully saturated rings. The molecule has 128 valence electrons. The van der Waals surface area contributed by atoms with E-state index in [0.717, 1.165) is 17.8 Å². The van der Waals surface area contributed by atoms with E-state index in [-0.39, 0.29) is 0 Å². The van der Waals surface area contributed by atoms with Crippen LogP contribution in [0.25, 0.3) is 0 Å². The summed E-state index contributed by atoms with van der Waals surface area (Å²) in [5, 5.41) is 0. The highest BCUT2D eigenvalue weighted by molar-refractivity contribution is 5.19. The first-order valence-electron chi connectivity index (χ1n) is 9.94. The first kappa shape index (κ1) is 19.5. The molecular weight excluding hydrogens is 264 g/mol. The quantitative estimate of drug-likeness (QED) is 0.286. The largest absolute Gasteiger partial charge is 0.0885 e. The summed E-state index contributed by atoms with van der Waals surface area (Å²) in [7, 11) is 0. The van der Waals surface area contributed by atoms with E-state index < -0.39 is 0 Å². The SMILES string of the molecule is CCCC/C=C\CC(C(=C(C)C)C(C)CCC)C1CCCC1. The van der Waals surface area contributed by atoms with Crippen LogP contribution < -0.4 is 0 Å². The molecule has 0 aliphatic heterocycles. The molecule has 0 saturated heterocycles. The highest BCUT2D eigenvalue weighted by atomic mass is 14.3. The van der Waals surface area contributed by atoms with Gasteiger partial charge in [0, 0.05) is 0 Å². The van der Waals surface area contributed by atoms with Crippen LogP contribution in [0.1, 0.15) is 98.8 Å². The number of rotatable bonds is 10. The summed E-state index contributed by atoms with van der Waals surface area (Å²) in [6.07, 6.45) is 18.6. The summed E-state index contributed by atoms with van der Waals surface area (Å²) in [6.45, 7) is 11.8. The standard InChI is InChI=1S/C22H40/c1-6-8-9-10-11-17-21(20-15-12-13-16-20)22(18(3)4)19(5)14-7-2/h10-11,19-21H,6-9,12-17H2,1-5H3/b11-10-. The number of allylic oxidation sites excluding steroid dienone is 4. The van der Waals surface area contributed by atoms with Gasteiger partial charge >= 0.3 is 0 Å². The third-order valence-corrected chi connectivity index (χ3v) is 5.48. The molecule has 0 bridgehead atoms. The molecule has 2 unspecified atom stereocenters. The first-order chi connectivity index (χ1) is 10.6. The molecule has 2 atom stereocenters. The Morgan fingerprint density at radius 3 is 2.27 bits per heavy atom. The lowest BCUT2D eigenvalue weighted by Crippen LogP contribution is -2.19. The van der Waals surface area contributed by atoms with Gasteiger partial charge in [0.25, 0.3) is 0 Å². The highest BCUT2D eigenvalue weighted by Crippen LogP contribution is 2.41. The Morgan fingerprint density at radius 2 is 1.73 bits per heavy atom. The van der Waals surface area contributed by atoms with Crippen molar-refractivity contribution in [3.63, 3.8) is 0 Å². The molecule has 0 nitrogen and oxygen atoms in total. The zero-order valence-corrected chi connectivity index (χ0v) is 16.0. The predicted molar refractivity (Wildman–Crippen MR) is 101 cm³/mol. The predicted octanol–water partition coefficient (Wildman–Crippen LogP) is 7.70. The Bertz CT molecular complexity index is 337. The molecular formula is C22H40. The van der Waals surface area contributed by atoms with Gasteiger partial charge in [0.2, 0.25) is 0 Å². The molecule has 0 spiro atoms. The van der Waals surface area contributed by atoms with Gasteiger partial charge in [-0.05, 0) is 63.7 Å². The van der Waals surface area contributed by atoms with Crippen molar-refractivity contribution in [3.05, 3.63) is 23.3 Å². The van der Waals surface area contributed by atoms with Crippen molar-refractivity contribution < 1.29 is 0 Å². The van der Waals surface area contributed by atoms with Crippen molar-refractivity contribution in [1.29, 1.82) is 0 Å². The van der Waals surface area contributed by atoms with Gasteiger partial charge in [-0.1, -0.05) is 76.2 Å². The molecule has 1 rings (SSSR count). The lowest BCUT2D eigenvalue weighted by atomic mass is 9.74. The number of unbranched alkanes of at least 4 members (excludes halogenated alkanes) is 2. The molecule has 0 aromatic heterocycles. The van der Waals surface area contributed by atoms with Crippen LogP contribution in [0.3, 0.4) is 0 Å². The molecule has 0 radical (unpaired) electrons. The summed E-state index contributed by atoms with van der Waals surface area (Å²) in [5.41, 5.74) is 3.40. The van der Waals surface area contributed by atoms with Gasteiger partial charge in [-0.15, -0.1) is 0 Å². The lowest BCUT2D eigenvalue weighted by Gasteiger charge is -2.31. The van der Waals surface area contributed by atoms with E-state index in [9.17, 15) is 0 Å². The van der Waals surface area contributed by atoms with E-state index in [1.54, 1.807) is 11.1 Å². The van der Waals surface area contributed by atoms with Crippen molar-refractivity contribution in [2.45, 2.75) is 98.8 Å². The number of hydrogen-bond donors (Lipinski definition) is 0. The topological polar surface area (TPSA) is 0 Å². The van der Waals surface area contributed by atoms with E-state index in [4.69, 9.17) is 0 Å². The molecule has 0 N–H and O–H groups in total. The second kappa shape index (κ2) is 11.1. The summed E-state index contributed by atoms with van der Waals surface area (Å²) >= 11 is 0. The third-order valence-electron chi connectivity index (χ3n) is 5.48. The Labute approximate surface area is 140 Å². The van der Waals surface area contributed by atoms with Gasteiger partial charge in [0.15, 0.2) is 0 Å². The van der Waals surface area contributed by atoms with Crippen LogP contribution in [0.4, 0.5) is 0 Å². The van der Waals surface area contributed by atoms with Crippen LogP contribution in [-0.2, 0) is 0 Å². The van der Waals surface area contributed by atoms with Crippen LogP contribution in [0, 0.1) is 17.8 Å². The molecule has 0 heterocycles. The monoisotopic (exact) mass is 304 g/mol. The zero-order valence-electron chi connectivity index (χ0n) is 16.0. The van der Waals surface area contributed by atoms with Crippen LogP contribution in [-0.4, -0.2) is 0 Å². The minimum atomic E-state index is 0.768. The van der Waals surface area contributed by atoms with Crippen molar-refractivity contribution in [3.8, 4) is 0 Å². The summed E-state index contributed by atoms with van der Waals surface area (Å²) in [6, 6.07) is 0. The maximum absolute atomic E-state index is 2.50.